The Bertz CT molecular complexity index is 940. The number of carbonyl (C=O) groups excluding carboxylic acids is 2. The number of rotatable bonds is 36. The number of unbranched alkanes of at least 4 members (excludes halogenated alkanes) is 15. The van der Waals surface area contributed by atoms with Gasteiger partial charge < -0.3 is 28.5 Å². The van der Waals surface area contributed by atoms with Crippen LogP contribution in [0.3, 0.4) is 0 Å². The van der Waals surface area contributed by atoms with E-state index in [1.807, 2.05) is 21.1 Å². The van der Waals surface area contributed by atoms with Crippen LogP contribution < -0.4 is 0 Å². The molecule has 0 aliphatic carbocycles. The first kappa shape index (κ1) is 48.5. The second-order valence-electron chi connectivity index (χ2n) is 14.6. The molecule has 0 saturated heterocycles. The van der Waals surface area contributed by atoms with E-state index in [0.29, 0.717) is 23.9 Å². The SMILES string of the molecule is CCCCCCC/C=C\C/C=C\C/C=C\CCCCCCCCC(=O)OC(COC(=O)CCCCCCC)COC(OCC[N+](C)(C)C)C(=O)O. The summed E-state index contributed by atoms with van der Waals surface area (Å²) in [5.74, 6) is -2.04. The minimum atomic E-state index is -1.51. The predicted octanol–water partition coefficient (Wildman–Crippen LogP) is 9.88. The molecule has 2 unspecified atom stereocenters. The van der Waals surface area contributed by atoms with Crippen LogP contribution in [0, 0.1) is 0 Å². The summed E-state index contributed by atoms with van der Waals surface area (Å²) in [6.45, 7) is 4.73. The summed E-state index contributed by atoms with van der Waals surface area (Å²) in [6, 6.07) is 0. The van der Waals surface area contributed by atoms with Gasteiger partial charge in [0.05, 0.1) is 34.4 Å². The van der Waals surface area contributed by atoms with Gasteiger partial charge >= 0.3 is 17.9 Å². The number of carboxylic acids is 1. The maximum atomic E-state index is 12.6. The number of allylic oxidation sites excluding steroid dienone is 6. The van der Waals surface area contributed by atoms with Crippen molar-refractivity contribution in [3.63, 3.8) is 0 Å². The summed E-state index contributed by atoms with van der Waals surface area (Å²) in [6.07, 6.45) is 33.9. The molecule has 0 radical (unpaired) electrons. The number of hydrogen-bond donors (Lipinski definition) is 1. The lowest BCUT2D eigenvalue weighted by atomic mass is 10.1. The molecule has 0 heterocycles. The summed E-state index contributed by atoms with van der Waals surface area (Å²) in [4.78, 5) is 36.6. The average molecular weight is 723 g/mol. The predicted molar refractivity (Wildman–Crippen MR) is 207 cm³/mol. The van der Waals surface area contributed by atoms with E-state index in [4.69, 9.17) is 18.9 Å². The number of nitrogens with zero attached hydrogens (tertiary/aromatic N) is 1. The highest BCUT2D eigenvalue weighted by molar-refractivity contribution is 5.71. The van der Waals surface area contributed by atoms with E-state index in [9.17, 15) is 19.5 Å². The fraction of sp³-hybridized carbons (Fsp3) is 0.786. The molecule has 9 heteroatoms. The van der Waals surface area contributed by atoms with Crippen molar-refractivity contribution in [2.24, 2.45) is 0 Å². The molecular weight excluding hydrogens is 646 g/mol. The van der Waals surface area contributed by atoms with E-state index < -0.39 is 24.3 Å². The molecular formula is C42H76NO8+. The normalized spacial score (nSPS) is 13.4. The van der Waals surface area contributed by atoms with Crippen molar-refractivity contribution < 1.29 is 42.9 Å². The monoisotopic (exact) mass is 723 g/mol. The van der Waals surface area contributed by atoms with Gasteiger partial charge in [0.15, 0.2) is 6.10 Å². The molecule has 0 aliphatic heterocycles. The third-order valence-corrected chi connectivity index (χ3v) is 8.40. The highest BCUT2D eigenvalue weighted by atomic mass is 16.7. The van der Waals surface area contributed by atoms with Crippen molar-refractivity contribution in [2.75, 3.05) is 47.5 Å². The molecule has 51 heavy (non-hydrogen) atoms. The molecule has 0 fully saturated rings. The van der Waals surface area contributed by atoms with Gasteiger partial charge in [-0.1, -0.05) is 127 Å². The third-order valence-electron chi connectivity index (χ3n) is 8.40. The molecule has 1 N–H and O–H groups in total. The Morgan fingerprint density at radius 3 is 1.57 bits per heavy atom. The Morgan fingerprint density at radius 1 is 0.588 bits per heavy atom. The molecule has 0 rings (SSSR count). The average Bonchev–Trinajstić information content (AvgIpc) is 3.08. The first-order chi connectivity index (χ1) is 24.6. The molecule has 0 aromatic rings. The lowest BCUT2D eigenvalue weighted by molar-refractivity contribution is -0.870. The number of ether oxygens (including phenoxy) is 4. The second kappa shape index (κ2) is 34.6. The van der Waals surface area contributed by atoms with Crippen LogP contribution in [0.15, 0.2) is 36.5 Å². The zero-order valence-electron chi connectivity index (χ0n) is 33.3. The zero-order chi connectivity index (χ0) is 37.8. The van der Waals surface area contributed by atoms with Crippen molar-refractivity contribution >= 4 is 17.9 Å². The van der Waals surface area contributed by atoms with Gasteiger partial charge in [-0.3, -0.25) is 9.59 Å². The van der Waals surface area contributed by atoms with E-state index in [2.05, 4.69) is 50.3 Å². The number of quaternary nitrogens is 1. The number of carboxylic acid groups (broad SMARTS) is 1. The van der Waals surface area contributed by atoms with Crippen molar-refractivity contribution in [1.82, 2.24) is 0 Å². The molecule has 0 saturated carbocycles. The van der Waals surface area contributed by atoms with Crippen LogP contribution in [0.5, 0.6) is 0 Å². The summed E-state index contributed by atoms with van der Waals surface area (Å²) in [7, 11) is 5.93. The van der Waals surface area contributed by atoms with Gasteiger partial charge in [0.25, 0.3) is 6.29 Å². The highest BCUT2D eigenvalue weighted by Crippen LogP contribution is 2.12. The Hall–Kier alpha value is -2.49. The Morgan fingerprint density at radius 2 is 1.06 bits per heavy atom. The van der Waals surface area contributed by atoms with Crippen LogP contribution in [0.1, 0.15) is 155 Å². The standard InChI is InChI=1S/C42H75NO8/c1-6-8-10-12-13-14-15-16-17-18-19-20-21-22-23-24-25-26-27-29-31-33-40(45)51-38(36-49-39(44)32-30-28-11-9-7-2)37-50-42(41(46)47)48-35-34-43(3,4)5/h15-16,18-19,21-22,38,42H,6-14,17,20,23-37H2,1-5H3/p+1/b16-15-,19-18-,22-21-. The second-order valence-corrected chi connectivity index (χ2v) is 14.6. The Labute approximate surface area is 311 Å². The molecule has 9 nitrogen and oxygen atoms in total. The van der Waals surface area contributed by atoms with Gasteiger partial charge in [0, 0.05) is 12.8 Å². The largest absolute Gasteiger partial charge is 0.477 e. The molecule has 0 amide bonds. The fourth-order valence-electron chi connectivity index (χ4n) is 5.19. The maximum absolute atomic E-state index is 12.6. The number of hydrogen-bond acceptors (Lipinski definition) is 7. The van der Waals surface area contributed by atoms with Crippen molar-refractivity contribution in [3.05, 3.63) is 36.5 Å². The van der Waals surface area contributed by atoms with E-state index in [0.717, 1.165) is 70.6 Å². The number of carbonyl (C=O) groups is 3. The highest BCUT2D eigenvalue weighted by Gasteiger charge is 2.25. The molecule has 2 atom stereocenters. The lowest BCUT2D eigenvalue weighted by Crippen LogP contribution is -2.40. The molecule has 296 valence electrons. The van der Waals surface area contributed by atoms with Crippen LogP contribution >= 0.6 is 0 Å². The molecule has 0 bridgehead atoms. The Balaban J connectivity index is 4.33. The Kier molecular flexibility index (Phi) is 32.9. The van der Waals surface area contributed by atoms with Crippen LogP contribution in [0.4, 0.5) is 0 Å². The summed E-state index contributed by atoms with van der Waals surface area (Å²) < 4.78 is 22.5. The van der Waals surface area contributed by atoms with Gasteiger partial charge in [-0.25, -0.2) is 4.79 Å². The van der Waals surface area contributed by atoms with Crippen molar-refractivity contribution in [3.8, 4) is 0 Å². The first-order valence-electron chi connectivity index (χ1n) is 20.2. The van der Waals surface area contributed by atoms with Crippen LogP contribution in [-0.2, 0) is 33.3 Å². The van der Waals surface area contributed by atoms with E-state index in [1.165, 1.54) is 51.4 Å². The minimum absolute atomic E-state index is 0.184. The first-order valence-corrected chi connectivity index (χ1v) is 20.2. The minimum Gasteiger partial charge on any atom is -0.477 e. The number of aliphatic carboxylic acids is 1. The summed E-state index contributed by atoms with van der Waals surface area (Å²) in [5, 5.41) is 9.55. The summed E-state index contributed by atoms with van der Waals surface area (Å²) in [5.41, 5.74) is 0. The molecule has 0 aromatic carbocycles. The van der Waals surface area contributed by atoms with Crippen molar-refractivity contribution in [2.45, 2.75) is 167 Å². The molecule has 0 aliphatic rings. The molecule has 0 aromatic heterocycles. The van der Waals surface area contributed by atoms with Crippen LogP contribution in [0.2, 0.25) is 0 Å². The summed E-state index contributed by atoms with van der Waals surface area (Å²) >= 11 is 0. The van der Waals surface area contributed by atoms with Crippen LogP contribution in [-0.4, -0.2) is 87.4 Å². The zero-order valence-corrected chi connectivity index (χ0v) is 33.3. The number of esters is 2. The van der Waals surface area contributed by atoms with Gasteiger partial charge in [-0.15, -0.1) is 0 Å². The van der Waals surface area contributed by atoms with E-state index >= 15 is 0 Å². The van der Waals surface area contributed by atoms with E-state index in [-0.39, 0.29) is 32.2 Å². The van der Waals surface area contributed by atoms with Crippen LogP contribution in [0.25, 0.3) is 0 Å². The van der Waals surface area contributed by atoms with Gasteiger partial charge in [-0.05, 0) is 51.4 Å². The number of likely N-dealkylation sites (N-methyl/N-ethyl adjacent to an activating group) is 1. The fourth-order valence-corrected chi connectivity index (χ4v) is 5.19. The van der Waals surface area contributed by atoms with Gasteiger partial charge in [-0.2, -0.15) is 0 Å². The van der Waals surface area contributed by atoms with E-state index in [1.54, 1.807) is 0 Å². The van der Waals surface area contributed by atoms with Crippen molar-refractivity contribution in [1.29, 1.82) is 0 Å². The van der Waals surface area contributed by atoms with Gasteiger partial charge in [0.2, 0.25) is 0 Å². The van der Waals surface area contributed by atoms with Gasteiger partial charge in [0.1, 0.15) is 13.2 Å². The smallest absolute Gasteiger partial charge is 0.361 e. The lowest BCUT2D eigenvalue weighted by Gasteiger charge is -2.25. The third kappa shape index (κ3) is 35.7. The topological polar surface area (TPSA) is 108 Å². The molecule has 0 spiro atoms. The maximum Gasteiger partial charge on any atom is 0.361 e. The quantitative estimate of drug-likeness (QED) is 0.0224.